The van der Waals surface area contributed by atoms with Crippen LogP contribution in [0.3, 0.4) is 0 Å². The van der Waals surface area contributed by atoms with Gasteiger partial charge in [0.2, 0.25) is 0 Å². The van der Waals surface area contributed by atoms with Crippen molar-refractivity contribution in [1.82, 2.24) is 14.5 Å². The number of hydrogen-bond acceptors (Lipinski definition) is 3. The van der Waals surface area contributed by atoms with Gasteiger partial charge in [-0.2, -0.15) is 5.26 Å². The highest BCUT2D eigenvalue weighted by atomic mass is 19.1. The Bertz CT molecular complexity index is 887. The molecule has 1 aromatic carbocycles. The van der Waals surface area contributed by atoms with E-state index in [9.17, 15) is 4.39 Å². The van der Waals surface area contributed by atoms with Crippen LogP contribution in [0.1, 0.15) is 24.4 Å². The Hall–Kier alpha value is -2.74. The second-order valence-corrected chi connectivity index (χ2v) is 5.24. The number of rotatable bonds is 2. The molecule has 0 atom stereocenters. The lowest BCUT2D eigenvalue weighted by Crippen LogP contribution is -1.98. The first-order valence-electron chi connectivity index (χ1n) is 6.79. The van der Waals surface area contributed by atoms with Crippen LogP contribution in [-0.2, 0) is 0 Å². The van der Waals surface area contributed by atoms with E-state index in [4.69, 9.17) is 5.26 Å². The first-order valence-corrected chi connectivity index (χ1v) is 6.79. The largest absolute Gasteiger partial charge is 0.321 e. The van der Waals surface area contributed by atoms with Crippen LogP contribution in [-0.4, -0.2) is 14.5 Å². The van der Waals surface area contributed by atoms with E-state index < -0.39 is 0 Å². The van der Waals surface area contributed by atoms with Crippen molar-refractivity contribution in [3.05, 3.63) is 48.0 Å². The van der Waals surface area contributed by atoms with Crippen LogP contribution in [0, 0.1) is 17.1 Å². The van der Waals surface area contributed by atoms with Gasteiger partial charge >= 0.3 is 0 Å². The van der Waals surface area contributed by atoms with Crippen molar-refractivity contribution >= 4 is 11.0 Å². The van der Waals surface area contributed by atoms with E-state index in [0.29, 0.717) is 11.6 Å². The predicted octanol–water partition coefficient (Wildman–Crippen LogP) is 3.44. The molecule has 0 aliphatic heterocycles. The van der Waals surface area contributed by atoms with Gasteiger partial charge < -0.3 is 4.57 Å². The first kappa shape index (κ1) is 12.0. The molecule has 0 saturated heterocycles. The smallest absolute Gasteiger partial charge is 0.142 e. The fourth-order valence-electron chi connectivity index (χ4n) is 2.60. The molecule has 2 aromatic heterocycles. The average molecular weight is 278 g/mol. The Morgan fingerprint density at radius 3 is 2.86 bits per heavy atom. The molecule has 2 heterocycles. The van der Waals surface area contributed by atoms with Gasteiger partial charge in [0.05, 0.1) is 16.6 Å². The molecule has 21 heavy (non-hydrogen) atoms. The van der Waals surface area contributed by atoms with E-state index in [1.54, 1.807) is 18.3 Å². The zero-order valence-corrected chi connectivity index (χ0v) is 11.1. The Morgan fingerprint density at radius 2 is 2.10 bits per heavy atom. The molecule has 1 aliphatic rings. The van der Waals surface area contributed by atoms with Gasteiger partial charge in [-0.3, -0.25) is 4.98 Å². The molecule has 0 bridgehead atoms. The molecule has 1 fully saturated rings. The molecule has 0 N–H and O–H groups in total. The molecule has 0 unspecified atom stereocenters. The van der Waals surface area contributed by atoms with Gasteiger partial charge in [-0.05, 0) is 37.1 Å². The summed E-state index contributed by atoms with van der Waals surface area (Å²) in [6.45, 7) is 0. The van der Waals surface area contributed by atoms with Crippen LogP contribution in [0.5, 0.6) is 0 Å². The second-order valence-electron chi connectivity index (χ2n) is 5.24. The van der Waals surface area contributed by atoms with Crippen molar-refractivity contribution in [3.63, 3.8) is 0 Å². The van der Waals surface area contributed by atoms with Crippen LogP contribution < -0.4 is 0 Å². The minimum absolute atomic E-state index is 0.264. The van der Waals surface area contributed by atoms with Gasteiger partial charge in [0, 0.05) is 24.0 Å². The maximum absolute atomic E-state index is 13.5. The standard InChI is InChI=1S/C16H11FN4/c17-12-1-4-14-15(6-12)21(13-2-3-13)16(20-14)11-5-10(7-18)8-19-9-11/h1,4-6,8-9,13H,2-3H2. The Labute approximate surface area is 120 Å². The van der Waals surface area contributed by atoms with E-state index in [1.165, 1.54) is 18.3 Å². The quantitative estimate of drug-likeness (QED) is 0.721. The summed E-state index contributed by atoms with van der Waals surface area (Å²) in [5.41, 5.74) is 2.85. The topological polar surface area (TPSA) is 54.5 Å². The normalized spacial score (nSPS) is 14.3. The number of imidazole rings is 1. The maximum atomic E-state index is 13.5. The summed E-state index contributed by atoms with van der Waals surface area (Å²) < 4.78 is 15.6. The summed E-state index contributed by atoms with van der Waals surface area (Å²) in [6, 6.07) is 8.84. The van der Waals surface area contributed by atoms with E-state index in [2.05, 4.69) is 20.6 Å². The van der Waals surface area contributed by atoms with Crippen LogP contribution >= 0.6 is 0 Å². The molecule has 0 spiro atoms. The van der Waals surface area contributed by atoms with Gasteiger partial charge in [0.15, 0.2) is 0 Å². The van der Waals surface area contributed by atoms with E-state index in [1.807, 2.05) is 0 Å². The third kappa shape index (κ3) is 1.96. The van der Waals surface area contributed by atoms with Crippen LogP contribution in [0.15, 0.2) is 36.7 Å². The van der Waals surface area contributed by atoms with E-state index >= 15 is 0 Å². The van der Waals surface area contributed by atoms with E-state index in [-0.39, 0.29) is 5.82 Å². The lowest BCUT2D eigenvalue weighted by atomic mass is 10.2. The minimum Gasteiger partial charge on any atom is -0.321 e. The molecule has 1 saturated carbocycles. The number of nitrogens with zero attached hydrogens (tertiary/aromatic N) is 4. The number of pyridine rings is 1. The lowest BCUT2D eigenvalue weighted by molar-refractivity contribution is 0.628. The maximum Gasteiger partial charge on any atom is 0.142 e. The van der Waals surface area contributed by atoms with Crippen LogP contribution in [0.4, 0.5) is 4.39 Å². The number of nitriles is 1. The fourth-order valence-corrected chi connectivity index (χ4v) is 2.60. The zero-order valence-electron chi connectivity index (χ0n) is 11.1. The second kappa shape index (κ2) is 4.38. The van der Waals surface area contributed by atoms with Crippen LogP contribution in [0.2, 0.25) is 0 Å². The molecule has 0 radical (unpaired) electrons. The number of aromatic nitrogens is 3. The lowest BCUT2D eigenvalue weighted by Gasteiger charge is -2.07. The number of hydrogen-bond donors (Lipinski definition) is 0. The van der Waals surface area contributed by atoms with Crippen molar-refractivity contribution in [2.45, 2.75) is 18.9 Å². The summed E-state index contributed by atoms with van der Waals surface area (Å²) in [6.07, 6.45) is 5.35. The van der Waals surface area contributed by atoms with Gasteiger partial charge in [-0.1, -0.05) is 0 Å². The molecular formula is C16H11FN4. The first-order chi connectivity index (χ1) is 10.3. The summed E-state index contributed by atoms with van der Waals surface area (Å²) in [7, 11) is 0. The molecule has 1 aliphatic carbocycles. The van der Waals surface area contributed by atoms with E-state index in [0.717, 1.165) is 35.3 Å². The third-order valence-electron chi connectivity index (χ3n) is 3.69. The summed E-state index contributed by atoms with van der Waals surface area (Å²) in [5, 5.41) is 9.01. The Morgan fingerprint density at radius 1 is 1.24 bits per heavy atom. The minimum atomic E-state index is -0.264. The molecule has 3 aromatic rings. The highest BCUT2D eigenvalue weighted by Crippen LogP contribution is 2.41. The highest BCUT2D eigenvalue weighted by molar-refractivity contribution is 5.81. The SMILES string of the molecule is N#Cc1cncc(-c2nc3ccc(F)cc3n2C2CC2)c1. The highest BCUT2D eigenvalue weighted by Gasteiger charge is 2.29. The number of halogens is 1. The number of benzene rings is 1. The van der Waals surface area contributed by atoms with Gasteiger partial charge in [-0.25, -0.2) is 9.37 Å². The van der Waals surface area contributed by atoms with Crippen molar-refractivity contribution in [2.24, 2.45) is 0 Å². The molecule has 0 amide bonds. The van der Waals surface area contributed by atoms with Crippen molar-refractivity contribution < 1.29 is 4.39 Å². The monoisotopic (exact) mass is 278 g/mol. The van der Waals surface area contributed by atoms with Crippen molar-refractivity contribution in [1.29, 1.82) is 5.26 Å². The van der Waals surface area contributed by atoms with Crippen molar-refractivity contribution in [2.75, 3.05) is 0 Å². The third-order valence-corrected chi connectivity index (χ3v) is 3.69. The van der Waals surface area contributed by atoms with Gasteiger partial charge in [0.1, 0.15) is 17.7 Å². The van der Waals surface area contributed by atoms with Gasteiger partial charge in [-0.15, -0.1) is 0 Å². The average Bonchev–Trinajstić information content (AvgIpc) is 3.28. The van der Waals surface area contributed by atoms with Crippen LogP contribution in [0.25, 0.3) is 22.4 Å². The zero-order chi connectivity index (χ0) is 14.4. The fraction of sp³-hybridized carbons (Fsp3) is 0.188. The predicted molar refractivity (Wildman–Crippen MR) is 75.9 cm³/mol. The summed E-state index contributed by atoms with van der Waals surface area (Å²) in [5.74, 6) is 0.488. The molecule has 102 valence electrons. The molecule has 4 nitrogen and oxygen atoms in total. The molecule has 5 heteroatoms. The van der Waals surface area contributed by atoms with Crippen molar-refractivity contribution in [3.8, 4) is 17.5 Å². The summed E-state index contributed by atoms with van der Waals surface area (Å²) >= 11 is 0. The molecule has 4 rings (SSSR count). The van der Waals surface area contributed by atoms with Gasteiger partial charge in [0.25, 0.3) is 0 Å². The Kier molecular flexibility index (Phi) is 2.51. The molecular weight excluding hydrogens is 267 g/mol. The summed E-state index contributed by atoms with van der Waals surface area (Å²) in [4.78, 5) is 8.70. The Balaban J connectivity index is 1.99. The number of fused-ring (bicyclic) bond motifs is 1.